The van der Waals surface area contributed by atoms with E-state index in [-0.39, 0.29) is 34.3 Å². The molecule has 1 N–H and O–H groups in total. The van der Waals surface area contributed by atoms with Gasteiger partial charge in [0, 0.05) is 62.8 Å². The molecule has 2 aliphatic rings. The largest absolute Gasteiger partial charge is 0.493 e. The van der Waals surface area contributed by atoms with Gasteiger partial charge >= 0.3 is 0 Å². The van der Waals surface area contributed by atoms with E-state index in [0.717, 1.165) is 11.8 Å². The Labute approximate surface area is 258 Å². The first-order valence-corrected chi connectivity index (χ1v) is 15.3. The van der Waals surface area contributed by atoms with Crippen LogP contribution in [0.3, 0.4) is 0 Å². The van der Waals surface area contributed by atoms with Gasteiger partial charge in [-0.25, -0.2) is 9.97 Å². The van der Waals surface area contributed by atoms with E-state index < -0.39 is 12.0 Å². The predicted octanol–water partition coefficient (Wildman–Crippen LogP) is 2.44. The second-order valence-corrected chi connectivity index (χ2v) is 11.8. The first kappa shape index (κ1) is 31.0. The number of nitrogens with zero attached hydrogens (tertiary/aromatic N) is 6. The van der Waals surface area contributed by atoms with Gasteiger partial charge in [-0.3, -0.25) is 19.2 Å². The number of benzene rings is 1. The Morgan fingerprint density at radius 1 is 1.07 bits per heavy atom. The fraction of sp³-hybridized carbons (Fsp3) is 0.483. The summed E-state index contributed by atoms with van der Waals surface area (Å²) >= 11 is 1.10. The smallest absolute Gasteiger partial charge is 0.275 e. The molecule has 14 nitrogen and oxygen atoms in total. The number of oxazole rings is 1. The van der Waals surface area contributed by atoms with Gasteiger partial charge in [-0.15, -0.1) is 0 Å². The molecule has 2 saturated heterocycles. The Kier molecular flexibility index (Phi) is 9.52. The van der Waals surface area contributed by atoms with E-state index in [1.807, 2.05) is 4.90 Å². The van der Waals surface area contributed by atoms with Crippen molar-refractivity contribution in [2.75, 3.05) is 62.9 Å². The van der Waals surface area contributed by atoms with Crippen LogP contribution in [0.2, 0.25) is 0 Å². The normalized spacial score (nSPS) is 17.5. The summed E-state index contributed by atoms with van der Waals surface area (Å²) in [5.41, 5.74) is 0.774. The number of likely N-dealkylation sites (tertiary alicyclic amines) is 1. The van der Waals surface area contributed by atoms with E-state index in [1.54, 1.807) is 28.9 Å². The fourth-order valence-corrected chi connectivity index (χ4v) is 6.00. The number of hydrogen-bond acceptors (Lipinski definition) is 12. The number of carbonyl (C=O) groups excluding carboxylic acids is 4. The Balaban J connectivity index is 1.40. The molecule has 0 spiro atoms. The minimum absolute atomic E-state index is 0.0538. The van der Waals surface area contributed by atoms with Crippen molar-refractivity contribution in [3.63, 3.8) is 0 Å². The van der Waals surface area contributed by atoms with Gasteiger partial charge in [0.05, 0.1) is 19.7 Å². The molecule has 5 rings (SSSR count). The molecular weight excluding hydrogens is 590 g/mol. The van der Waals surface area contributed by atoms with Gasteiger partial charge < -0.3 is 33.9 Å². The SMILES string of the molecule is COc1cc2nc(N3CCN(C(=O)c4cocn4)CC3)nc(NC(=O)[C@@H]3CCCN3C(=O)C(C)CSC(C)=O)c2cc1OC. The molecule has 2 aromatic heterocycles. The highest BCUT2D eigenvalue weighted by molar-refractivity contribution is 8.13. The number of nitrogens with one attached hydrogen (secondary N) is 1. The first-order chi connectivity index (χ1) is 21.2. The van der Waals surface area contributed by atoms with Crippen LogP contribution >= 0.6 is 11.8 Å². The predicted molar refractivity (Wildman–Crippen MR) is 163 cm³/mol. The second kappa shape index (κ2) is 13.5. The van der Waals surface area contributed by atoms with Crippen LogP contribution in [0.25, 0.3) is 10.9 Å². The van der Waals surface area contributed by atoms with Crippen LogP contribution in [0.1, 0.15) is 37.2 Å². The van der Waals surface area contributed by atoms with Crippen LogP contribution < -0.4 is 19.7 Å². The molecule has 2 atom stereocenters. The average Bonchev–Trinajstić information content (AvgIpc) is 3.75. The van der Waals surface area contributed by atoms with E-state index in [1.165, 1.54) is 33.8 Å². The standard InChI is InChI=1S/C29H35N7O7S/c1-17(15-44-18(2)37)27(39)36-7-5-6-22(36)26(38)32-25-19-12-23(41-3)24(42-4)13-20(19)31-29(33-25)35-10-8-34(9-11-35)28(40)21-14-43-16-30-21/h12-14,16-17,22H,5-11,15H2,1-4H3,(H,31,32,33,38)/t17?,22-/m0/s1. The highest BCUT2D eigenvalue weighted by atomic mass is 32.2. The molecule has 234 valence electrons. The number of hydrogen-bond donors (Lipinski definition) is 1. The average molecular weight is 626 g/mol. The summed E-state index contributed by atoms with van der Waals surface area (Å²) < 4.78 is 15.9. The summed E-state index contributed by atoms with van der Waals surface area (Å²) in [7, 11) is 3.05. The number of carbonyl (C=O) groups is 4. The minimum Gasteiger partial charge on any atom is -0.493 e. The number of amides is 3. The number of fused-ring (bicyclic) bond motifs is 1. The molecule has 4 heterocycles. The van der Waals surface area contributed by atoms with Crippen LogP contribution in [0.15, 0.2) is 29.2 Å². The summed E-state index contributed by atoms with van der Waals surface area (Å²) in [5, 5.41) is 3.45. The fourth-order valence-electron chi connectivity index (χ4n) is 5.37. The third-order valence-electron chi connectivity index (χ3n) is 7.73. The topological polar surface area (TPSA) is 160 Å². The lowest BCUT2D eigenvalue weighted by molar-refractivity contribution is -0.139. The lowest BCUT2D eigenvalue weighted by Gasteiger charge is -2.34. The number of anilines is 2. The van der Waals surface area contributed by atoms with E-state index in [2.05, 4.69) is 10.3 Å². The lowest BCUT2D eigenvalue weighted by atomic mass is 10.1. The van der Waals surface area contributed by atoms with Crippen molar-refractivity contribution in [3.05, 3.63) is 30.5 Å². The van der Waals surface area contributed by atoms with Gasteiger partial charge in [-0.1, -0.05) is 18.7 Å². The molecule has 0 aliphatic carbocycles. The zero-order valence-corrected chi connectivity index (χ0v) is 25.9. The van der Waals surface area contributed by atoms with Gasteiger partial charge in [-0.05, 0) is 18.9 Å². The summed E-state index contributed by atoms with van der Waals surface area (Å²) in [5.74, 6) is 0.788. The molecule has 0 bridgehead atoms. The Hall–Kier alpha value is -4.40. The monoisotopic (exact) mass is 625 g/mol. The van der Waals surface area contributed by atoms with Crippen molar-refractivity contribution in [2.24, 2.45) is 5.92 Å². The molecule has 2 aliphatic heterocycles. The third kappa shape index (κ3) is 6.56. The highest BCUT2D eigenvalue weighted by Gasteiger charge is 2.36. The molecule has 3 aromatic rings. The van der Waals surface area contributed by atoms with Crippen molar-refractivity contribution in [1.29, 1.82) is 0 Å². The van der Waals surface area contributed by atoms with Crippen molar-refractivity contribution < 1.29 is 33.1 Å². The summed E-state index contributed by atoms with van der Waals surface area (Å²) in [4.78, 5) is 69.8. The number of rotatable bonds is 9. The van der Waals surface area contributed by atoms with Gasteiger partial charge in [0.15, 0.2) is 28.7 Å². The van der Waals surface area contributed by atoms with Crippen molar-refractivity contribution in [3.8, 4) is 11.5 Å². The maximum absolute atomic E-state index is 13.7. The molecule has 0 radical (unpaired) electrons. The summed E-state index contributed by atoms with van der Waals surface area (Å²) in [6.07, 6.45) is 3.75. The molecule has 2 fully saturated rings. The van der Waals surface area contributed by atoms with Crippen molar-refractivity contribution in [1.82, 2.24) is 24.8 Å². The second-order valence-electron chi connectivity index (χ2n) is 10.6. The molecule has 15 heteroatoms. The highest BCUT2D eigenvalue weighted by Crippen LogP contribution is 2.35. The van der Waals surface area contributed by atoms with Crippen LogP contribution in [-0.2, 0) is 14.4 Å². The van der Waals surface area contributed by atoms with Crippen LogP contribution in [0.5, 0.6) is 11.5 Å². The molecule has 1 aromatic carbocycles. The third-order valence-corrected chi connectivity index (χ3v) is 8.80. The zero-order valence-electron chi connectivity index (χ0n) is 25.1. The Morgan fingerprint density at radius 2 is 1.80 bits per heavy atom. The molecule has 44 heavy (non-hydrogen) atoms. The van der Waals surface area contributed by atoms with Crippen LogP contribution in [-0.4, -0.2) is 106 Å². The van der Waals surface area contributed by atoms with Gasteiger partial charge in [-0.2, -0.15) is 4.98 Å². The summed E-state index contributed by atoms with van der Waals surface area (Å²) in [6, 6.07) is 2.76. The number of aromatic nitrogens is 3. The van der Waals surface area contributed by atoms with E-state index in [0.29, 0.717) is 79.7 Å². The first-order valence-electron chi connectivity index (χ1n) is 14.3. The van der Waals surface area contributed by atoms with Crippen LogP contribution in [0.4, 0.5) is 11.8 Å². The maximum atomic E-state index is 13.7. The number of piperazine rings is 1. The van der Waals surface area contributed by atoms with E-state index >= 15 is 0 Å². The number of methoxy groups -OCH3 is 2. The zero-order chi connectivity index (χ0) is 31.4. The van der Waals surface area contributed by atoms with Gasteiger partial charge in [0.1, 0.15) is 18.1 Å². The molecule has 3 amide bonds. The van der Waals surface area contributed by atoms with E-state index in [4.69, 9.17) is 23.9 Å². The Morgan fingerprint density at radius 3 is 2.45 bits per heavy atom. The molecular formula is C29H35N7O7S. The molecule has 0 saturated carbocycles. The van der Waals surface area contributed by atoms with Gasteiger partial charge in [0.2, 0.25) is 17.8 Å². The molecule has 1 unspecified atom stereocenters. The van der Waals surface area contributed by atoms with Gasteiger partial charge in [0.25, 0.3) is 5.91 Å². The minimum atomic E-state index is -0.674. The van der Waals surface area contributed by atoms with E-state index in [9.17, 15) is 19.2 Å². The maximum Gasteiger partial charge on any atom is 0.275 e. The quantitative estimate of drug-likeness (QED) is 0.371. The Bertz CT molecular complexity index is 1540. The lowest BCUT2D eigenvalue weighted by Crippen LogP contribution is -2.49. The van der Waals surface area contributed by atoms with Crippen molar-refractivity contribution >= 4 is 57.3 Å². The van der Waals surface area contributed by atoms with Crippen LogP contribution in [0, 0.1) is 5.92 Å². The summed E-state index contributed by atoms with van der Waals surface area (Å²) in [6.45, 7) is 5.45. The number of thioether (sulfide) groups is 1. The number of ether oxygens (including phenoxy) is 2. The van der Waals surface area contributed by atoms with Crippen molar-refractivity contribution in [2.45, 2.75) is 32.7 Å².